The minimum absolute atomic E-state index is 0.594. The summed E-state index contributed by atoms with van der Waals surface area (Å²) in [6, 6.07) is 6.80. The largest absolute Gasteiger partial charge is 0.493 e. The Kier molecular flexibility index (Phi) is 5.11. The number of nitrogens with one attached hydrogen (secondary N) is 1. The van der Waals surface area contributed by atoms with Crippen molar-refractivity contribution in [1.82, 2.24) is 5.32 Å². The van der Waals surface area contributed by atoms with E-state index in [-0.39, 0.29) is 0 Å². The predicted octanol–water partition coefficient (Wildman–Crippen LogP) is 2.74. The molecule has 1 fully saturated rings. The van der Waals surface area contributed by atoms with E-state index in [4.69, 9.17) is 9.47 Å². The van der Waals surface area contributed by atoms with Gasteiger partial charge in [-0.05, 0) is 37.5 Å². The standard InChI is InChI=1S/C16H21NO2/c1-3-4-5-10-19-16-11-13(6-9-15(16)18-2)12-17-14-7-8-14/h6,9,11,14,17H,5,7-8,10,12H2,1-2H3. The summed E-state index contributed by atoms with van der Waals surface area (Å²) in [5, 5.41) is 3.50. The first-order valence-corrected chi connectivity index (χ1v) is 6.76. The maximum atomic E-state index is 5.74. The maximum Gasteiger partial charge on any atom is 0.161 e. The van der Waals surface area contributed by atoms with Crippen LogP contribution in [-0.2, 0) is 6.54 Å². The molecule has 0 saturated heterocycles. The molecule has 0 aromatic heterocycles. The molecule has 19 heavy (non-hydrogen) atoms. The molecule has 3 nitrogen and oxygen atoms in total. The van der Waals surface area contributed by atoms with Gasteiger partial charge in [-0.3, -0.25) is 0 Å². The van der Waals surface area contributed by atoms with Crippen LogP contribution in [0.4, 0.5) is 0 Å². The van der Waals surface area contributed by atoms with Crippen LogP contribution in [0.5, 0.6) is 11.5 Å². The van der Waals surface area contributed by atoms with Gasteiger partial charge in [-0.1, -0.05) is 6.07 Å². The number of hydrogen-bond donors (Lipinski definition) is 1. The number of rotatable bonds is 7. The Balaban J connectivity index is 1.94. The van der Waals surface area contributed by atoms with E-state index in [1.54, 1.807) is 7.11 Å². The molecule has 0 bridgehead atoms. The normalized spacial score (nSPS) is 13.6. The summed E-state index contributed by atoms with van der Waals surface area (Å²) in [7, 11) is 1.66. The fraction of sp³-hybridized carbons (Fsp3) is 0.500. The fourth-order valence-electron chi connectivity index (χ4n) is 1.83. The third-order valence-corrected chi connectivity index (χ3v) is 3.06. The number of methoxy groups -OCH3 is 1. The molecule has 0 heterocycles. The summed E-state index contributed by atoms with van der Waals surface area (Å²) < 4.78 is 11.1. The van der Waals surface area contributed by atoms with Crippen molar-refractivity contribution in [2.45, 2.75) is 38.8 Å². The van der Waals surface area contributed by atoms with Gasteiger partial charge < -0.3 is 14.8 Å². The van der Waals surface area contributed by atoms with E-state index in [0.29, 0.717) is 12.6 Å². The maximum absolute atomic E-state index is 5.74. The molecule has 1 N–H and O–H groups in total. The van der Waals surface area contributed by atoms with E-state index in [1.807, 2.05) is 19.1 Å². The van der Waals surface area contributed by atoms with Gasteiger partial charge in [0.1, 0.15) is 0 Å². The van der Waals surface area contributed by atoms with Crippen LogP contribution in [0.3, 0.4) is 0 Å². The summed E-state index contributed by atoms with van der Waals surface area (Å²) in [6.07, 6.45) is 3.34. The molecular formula is C16H21NO2. The minimum Gasteiger partial charge on any atom is -0.493 e. The van der Waals surface area contributed by atoms with Gasteiger partial charge in [-0.25, -0.2) is 0 Å². The highest BCUT2D eigenvalue weighted by Crippen LogP contribution is 2.28. The van der Waals surface area contributed by atoms with Crippen LogP contribution in [-0.4, -0.2) is 19.8 Å². The average molecular weight is 259 g/mol. The van der Waals surface area contributed by atoms with Crippen LogP contribution in [0.25, 0.3) is 0 Å². The molecule has 0 spiro atoms. The summed E-state index contributed by atoms with van der Waals surface area (Å²) in [5.74, 6) is 7.43. The van der Waals surface area contributed by atoms with Gasteiger partial charge in [-0.15, -0.1) is 11.8 Å². The zero-order valence-electron chi connectivity index (χ0n) is 11.7. The molecule has 0 amide bonds. The zero-order valence-corrected chi connectivity index (χ0v) is 11.7. The van der Waals surface area contributed by atoms with Crippen LogP contribution in [0.2, 0.25) is 0 Å². The summed E-state index contributed by atoms with van der Waals surface area (Å²) in [4.78, 5) is 0. The molecule has 0 radical (unpaired) electrons. The lowest BCUT2D eigenvalue weighted by Crippen LogP contribution is -2.15. The molecule has 1 aliphatic rings. The lowest BCUT2D eigenvalue weighted by Gasteiger charge is -2.12. The molecular weight excluding hydrogens is 238 g/mol. The van der Waals surface area contributed by atoms with Gasteiger partial charge in [0.15, 0.2) is 11.5 Å². The van der Waals surface area contributed by atoms with Crippen LogP contribution in [0.15, 0.2) is 18.2 Å². The smallest absolute Gasteiger partial charge is 0.161 e. The highest BCUT2D eigenvalue weighted by atomic mass is 16.5. The van der Waals surface area contributed by atoms with Crippen LogP contribution < -0.4 is 14.8 Å². The van der Waals surface area contributed by atoms with Crippen molar-refractivity contribution in [2.24, 2.45) is 0 Å². The summed E-state index contributed by atoms with van der Waals surface area (Å²) >= 11 is 0. The number of benzene rings is 1. The highest BCUT2D eigenvalue weighted by molar-refractivity contribution is 5.43. The second kappa shape index (κ2) is 7.06. The van der Waals surface area contributed by atoms with E-state index in [9.17, 15) is 0 Å². The molecule has 0 aliphatic heterocycles. The highest BCUT2D eigenvalue weighted by Gasteiger charge is 2.20. The first kappa shape index (κ1) is 13.8. The SMILES string of the molecule is CC#CCCOc1cc(CNC2CC2)ccc1OC. The van der Waals surface area contributed by atoms with Crippen molar-refractivity contribution in [3.05, 3.63) is 23.8 Å². The van der Waals surface area contributed by atoms with Crippen LogP contribution in [0, 0.1) is 11.8 Å². The Bertz CT molecular complexity index is 469. The minimum atomic E-state index is 0.594. The lowest BCUT2D eigenvalue weighted by molar-refractivity contribution is 0.301. The van der Waals surface area contributed by atoms with E-state index < -0.39 is 0 Å². The van der Waals surface area contributed by atoms with Crippen molar-refractivity contribution in [2.75, 3.05) is 13.7 Å². The molecule has 3 heteroatoms. The van der Waals surface area contributed by atoms with Gasteiger partial charge in [0.25, 0.3) is 0 Å². The summed E-state index contributed by atoms with van der Waals surface area (Å²) in [6.45, 7) is 3.32. The lowest BCUT2D eigenvalue weighted by atomic mass is 10.2. The summed E-state index contributed by atoms with van der Waals surface area (Å²) in [5.41, 5.74) is 1.23. The van der Waals surface area contributed by atoms with E-state index in [2.05, 4.69) is 23.2 Å². The fourth-order valence-corrected chi connectivity index (χ4v) is 1.83. The van der Waals surface area contributed by atoms with Crippen molar-refractivity contribution in [3.63, 3.8) is 0 Å². The molecule has 2 rings (SSSR count). The molecule has 0 unspecified atom stereocenters. The number of hydrogen-bond acceptors (Lipinski definition) is 3. The van der Waals surface area contributed by atoms with E-state index in [0.717, 1.165) is 24.5 Å². The van der Waals surface area contributed by atoms with E-state index in [1.165, 1.54) is 18.4 Å². The topological polar surface area (TPSA) is 30.5 Å². The zero-order chi connectivity index (χ0) is 13.5. The average Bonchev–Trinajstić information content (AvgIpc) is 3.26. The van der Waals surface area contributed by atoms with Crippen molar-refractivity contribution >= 4 is 0 Å². The van der Waals surface area contributed by atoms with Gasteiger partial charge in [0.05, 0.1) is 13.7 Å². The molecule has 1 saturated carbocycles. The molecule has 1 aromatic rings. The van der Waals surface area contributed by atoms with Gasteiger partial charge >= 0.3 is 0 Å². The van der Waals surface area contributed by atoms with Gasteiger partial charge in [0, 0.05) is 19.0 Å². The van der Waals surface area contributed by atoms with Gasteiger partial charge in [-0.2, -0.15) is 0 Å². The van der Waals surface area contributed by atoms with E-state index >= 15 is 0 Å². The third-order valence-electron chi connectivity index (χ3n) is 3.06. The second-order valence-corrected chi connectivity index (χ2v) is 4.67. The quantitative estimate of drug-likeness (QED) is 0.603. The number of ether oxygens (including phenoxy) is 2. The van der Waals surface area contributed by atoms with Gasteiger partial charge in [0.2, 0.25) is 0 Å². The first-order chi connectivity index (χ1) is 9.33. The Morgan fingerprint density at radius 1 is 1.32 bits per heavy atom. The Morgan fingerprint density at radius 3 is 2.84 bits per heavy atom. The second-order valence-electron chi connectivity index (χ2n) is 4.67. The molecule has 1 aliphatic carbocycles. The first-order valence-electron chi connectivity index (χ1n) is 6.76. The third kappa shape index (κ3) is 4.50. The molecule has 0 atom stereocenters. The van der Waals surface area contributed by atoms with Crippen molar-refractivity contribution < 1.29 is 9.47 Å². The molecule has 1 aromatic carbocycles. The predicted molar refractivity (Wildman–Crippen MR) is 76.4 cm³/mol. The molecule has 102 valence electrons. The van der Waals surface area contributed by atoms with Crippen LogP contribution >= 0.6 is 0 Å². The van der Waals surface area contributed by atoms with Crippen LogP contribution in [0.1, 0.15) is 31.7 Å². The van der Waals surface area contributed by atoms with Crippen molar-refractivity contribution in [1.29, 1.82) is 0 Å². The Labute approximate surface area is 115 Å². The Morgan fingerprint density at radius 2 is 2.16 bits per heavy atom. The Hall–Kier alpha value is -1.66. The monoisotopic (exact) mass is 259 g/mol. The van der Waals surface area contributed by atoms with Crippen molar-refractivity contribution in [3.8, 4) is 23.3 Å².